The van der Waals surface area contributed by atoms with Gasteiger partial charge >= 0.3 is 5.97 Å². The molecule has 27 heavy (non-hydrogen) atoms. The van der Waals surface area contributed by atoms with Crippen molar-refractivity contribution in [3.8, 4) is 0 Å². The van der Waals surface area contributed by atoms with E-state index in [4.69, 9.17) is 0 Å². The van der Waals surface area contributed by atoms with Crippen molar-refractivity contribution in [1.82, 2.24) is 15.1 Å². The summed E-state index contributed by atoms with van der Waals surface area (Å²) in [5, 5.41) is 16.1. The van der Waals surface area contributed by atoms with Gasteiger partial charge in [0.1, 0.15) is 5.69 Å². The zero-order valence-electron chi connectivity index (χ0n) is 15.6. The molecule has 1 amide bonds. The number of nitrogens with one attached hydrogen (secondary N) is 1. The Morgan fingerprint density at radius 3 is 2.70 bits per heavy atom. The largest absolute Gasteiger partial charge is 0.481 e. The summed E-state index contributed by atoms with van der Waals surface area (Å²) in [5.74, 6) is -2.21. The predicted octanol–water partition coefficient (Wildman–Crippen LogP) is 2.03. The van der Waals surface area contributed by atoms with Gasteiger partial charge in [0.15, 0.2) is 0 Å². The van der Waals surface area contributed by atoms with Crippen LogP contribution in [0.5, 0.6) is 0 Å². The summed E-state index contributed by atoms with van der Waals surface area (Å²) in [6.07, 6.45) is 2.01. The van der Waals surface area contributed by atoms with Crippen LogP contribution in [0, 0.1) is 12.8 Å². The van der Waals surface area contributed by atoms with Crippen molar-refractivity contribution in [2.45, 2.75) is 39.7 Å². The fourth-order valence-electron chi connectivity index (χ4n) is 2.71. The van der Waals surface area contributed by atoms with E-state index in [2.05, 4.69) is 10.4 Å². The maximum absolute atomic E-state index is 12.3. The average molecular weight is 371 g/mol. The van der Waals surface area contributed by atoms with Gasteiger partial charge in [-0.1, -0.05) is 43.2 Å². The Bertz CT molecular complexity index is 860. The molecule has 0 unspecified atom stereocenters. The molecule has 0 bridgehead atoms. The highest BCUT2D eigenvalue weighted by atomic mass is 16.4. The van der Waals surface area contributed by atoms with E-state index < -0.39 is 17.8 Å². The summed E-state index contributed by atoms with van der Waals surface area (Å²) in [6, 6.07) is 10.3. The Hall–Kier alpha value is -2.96. The van der Waals surface area contributed by atoms with Gasteiger partial charge in [-0.25, -0.2) is 4.68 Å². The zero-order chi connectivity index (χ0) is 19.8. The van der Waals surface area contributed by atoms with Crippen LogP contribution in [0.2, 0.25) is 0 Å². The minimum atomic E-state index is -0.974. The number of aromatic nitrogens is 2. The van der Waals surface area contributed by atoms with E-state index >= 15 is 0 Å². The molecule has 0 aliphatic carbocycles. The van der Waals surface area contributed by atoms with Crippen LogP contribution in [0.1, 0.15) is 41.4 Å². The summed E-state index contributed by atoms with van der Waals surface area (Å²) < 4.78 is 1.26. The van der Waals surface area contributed by atoms with Crippen LogP contribution >= 0.6 is 0 Å². The Morgan fingerprint density at radius 1 is 1.26 bits per heavy atom. The molecule has 144 valence electrons. The van der Waals surface area contributed by atoms with Crippen LogP contribution in [-0.4, -0.2) is 33.3 Å². The molecular weight excluding hydrogens is 346 g/mol. The summed E-state index contributed by atoms with van der Waals surface area (Å²) >= 11 is 0. The number of hydrogen-bond donors (Lipinski definition) is 2. The Balaban J connectivity index is 2.03. The molecule has 2 aromatic rings. The van der Waals surface area contributed by atoms with Gasteiger partial charge in [-0.2, -0.15) is 5.10 Å². The van der Waals surface area contributed by atoms with Crippen molar-refractivity contribution in [3.05, 3.63) is 63.6 Å². The molecule has 1 atom stereocenters. The molecule has 7 nitrogen and oxygen atoms in total. The number of benzene rings is 1. The second-order valence-electron chi connectivity index (χ2n) is 6.57. The minimum absolute atomic E-state index is 0.0160. The Kier molecular flexibility index (Phi) is 7.28. The second-order valence-corrected chi connectivity index (χ2v) is 6.57. The molecule has 0 aliphatic rings. The van der Waals surface area contributed by atoms with Crippen molar-refractivity contribution >= 4 is 11.9 Å². The number of aryl methyl sites for hydroxylation is 2. The molecule has 0 spiro atoms. The number of carboxylic acids is 1. The topological polar surface area (TPSA) is 101 Å². The van der Waals surface area contributed by atoms with E-state index in [1.54, 1.807) is 0 Å². The zero-order valence-corrected chi connectivity index (χ0v) is 15.6. The molecule has 7 heteroatoms. The lowest BCUT2D eigenvalue weighted by atomic mass is 9.98. The third-order valence-corrected chi connectivity index (χ3v) is 4.25. The molecule has 1 aromatic carbocycles. The first kappa shape index (κ1) is 20.4. The second kappa shape index (κ2) is 9.66. The van der Waals surface area contributed by atoms with Gasteiger partial charge in [-0.3, -0.25) is 14.4 Å². The summed E-state index contributed by atoms with van der Waals surface area (Å²) in [6.45, 7) is 4.38. The van der Waals surface area contributed by atoms with E-state index in [9.17, 15) is 19.5 Å². The van der Waals surface area contributed by atoms with Gasteiger partial charge in [0, 0.05) is 19.2 Å². The highest BCUT2D eigenvalue weighted by Crippen LogP contribution is 2.11. The van der Waals surface area contributed by atoms with Gasteiger partial charge in [-0.15, -0.1) is 0 Å². The summed E-state index contributed by atoms with van der Waals surface area (Å²) in [4.78, 5) is 35.7. The SMILES string of the molecule is CCCCn1nc(C(=O)NC[C@@H](Cc2cccc(C)c2)C(=O)O)ccc1=O. The lowest BCUT2D eigenvalue weighted by Gasteiger charge is -2.14. The van der Waals surface area contributed by atoms with Crippen molar-refractivity contribution in [3.63, 3.8) is 0 Å². The van der Waals surface area contributed by atoms with E-state index in [0.717, 1.165) is 24.0 Å². The first-order valence-corrected chi connectivity index (χ1v) is 9.05. The fraction of sp³-hybridized carbons (Fsp3) is 0.400. The molecule has 2 rings (SSSR count). The minimum Gasteiger partial charge on any atom is -0.481 e. The number of unbranched alkanes of at least 4 members (excludes halogenated alkanes) is 1. The predicted molar refractivity (Wildman–Crippen MR) is 102 cm³/mol. The molecule has 0 fully saturated rings. The number of carboxylic acid groups (broad SMARTS) is 1. The maximum atomic E-state index is 12.3. The number of nitrogens with zero attached hydrogens (tertiary/aromatic N) is 2. The molecule has 0 aliphatic heterocycles. The van der Waals surface area contributed by atoms with E-state index in [0.29, 0.717) is 13.0 Å². The van der Waals surface area contributed by atoms with Crippen LogP contribution in [0.4, 0.5) is 0 Å². The maximum Gasteiger partial charge on any atom is 0.308 e. The number of rotatable bonds is 9. The van der Waals surface area contributed by atoms with Crippen LogP contribution in [0.15, 0.2) is 41.2 Å². The Morgan fingerprint density at radius 2 is 2.04 bits per heavy atom. The first-order chi connectivity index (χ1) is 12.9. The lowest BCUT2D eigenvalue weighted by Crippen LogP contribution is -2.35. The molecule has 1 aromatic heterocycles. The quantitative estimate of drug-likeness (QED) is 0.702. The van der Waals surface area contributed by atoms with Crippen LogP contribution in [0.3, 0.4) is 0 Å². The van der Waals surface area contributed by atoms with Gasteiger partial charge in [0.05, 0.1) is 5.92 Å². The molecule has 0 saturated heterocycles. The third-order valence-electron chi connectivity index (χ3n) is 4.25. The van der Waals surface area contributed by atoms with E-state index in [-0.39, 0.29) is 17.8 Å². The Labute approximate surface area is 158 Å². The van der Waals surface area contributed by atoms with Crippen molar-refractivity contribution in [2.24, 2.45) is 5.92 Å². The number of amides is 1. The molecule has 1 heterocycles. The molecule has 0 radical (unpaired) electrons. The van der Waals surface area contributed by atoms with Gasteiger partial charge < -0.3 is 10.4 Å². The number of hydrogen-bond acceptors (Lipinski definition) is 4. The van der Waals surface area contributed by atoms with E-state index in [1.165, 1.54) is 16.8 Å². The highest BCUT2D eigenvalue weighted by molar-refractivity contribution is 5.92. The smallest absolute Gasteiger partial charge is 0.308 e. The van der Waals surface area contributed by atoms with Crippen molar-refractivity contribution in [1.29, 1.82) is 0 Å². The molecular formula is C20H25N3O4. The van der Waals surface area contributed by atoms with E-state index in [1.807, 2.05) is 38.1 Å². The monoisotopic (exact) mass is 371 g/mol. The standard InChI is InChI=1S/C20H25N3O4/c1-3-4-10-23-18(24)9-8-17(22-23)19(25)21-13-16(20(26)27)12-15-7-5-6-14(2)11-15/h5-9,11,16H,3-4,10,12-13H2,1-2H3,(H,21,25)(H,26,27)/t16-/m1/s1. The molecule has 2 N–H and O–H groups in total. The van der Waals surface area contributed by atoms with Gasteiger partial charge in [-0.05, 0) is 31.4 Å². The van der Waals surface area contributed by atoms with Crippen molar-refractivity contribution < 1.29 is 14.7 Å². The van der Waals surface area contributed by atoms with Crippen LogP contribution in [-0.2, 0) is 17.8 Å². The number of aliphatic carboxylic acids is 1. The lowest BCUT2D eigenvalue weighted by molar-refractivity contribution is -0.141. The number of carbonyl (C=O) groups excluding carboxylic acids is 1. The third kappa shape index (κ3) is 6.06. The highest BCUT2D eigenvalue weighted by Gasteiger charge is 2.20. The summed E-state index contributed by atoms with van der Waals surface area (Å²) in [5.41, 5.74) is 1.80. The van der Waals surface area contributed by atoms with Crippen molar-refractivity contribution in [2.75, 3.05) is 6.54 Å². The van der Waals surface area contributed by atoms with Crippen LogP contribution in [0.25, 0.3) is 0 Å². The normalized spacial score (nSPS) is 11.8. The number of carbonyl (C=O) groups is 2. The summed E-state index contributed by atoms with van der Waals surface area (Å²) in [7, 11) is 0. The van der Waals surface area contributed by atoms with Crippen LogP contribution < -0.4 is 10.9 Å². The average Bonchev–Trinajstić information content (AvgIpc) is 2.64. The molecule has 0 saturated carbocycles. The fourth-order valence-corrected chi connectivity index (χ4v) is 2.71. The van der Waals surface area contributed by atoms with Gasteiger partial charge in [0.25, 0.3) is 11.5 Å². The van der Waals surface area contributed by atoms with Gasteiger partial charge in [0.2, 0.25) is 0 Å². The first-order valence-electron chi connectivity index (χ1n) is 9.05.